The van der Waals surface area contributed by atoms with Crippen molar-refractivity contribution in [2.24, 2.45) is 0 Å². The second-order valence-electron chi connectivity index (χ2n) is 3.85. The van der Waals surface area contributed by atoms with E-state index < -0.39 is 11.9 Å². The molecule has 1 rings (SSSR count). The van der Waals surface area contributed by atoms with Crippen LogP contribution in [-0.4, -0.2) is 16.3 Å². The third-order valence-electron chi connectivity index (χ3n) is 2.17. The van der Waals surface area contributed by atoms with Gasteiger partial charge in [-0.05, 0) is 20.4 Å². The smallest absolute Gasteiger partial charge is 0.313 e. The molecule has 0 atom stereocenters. The molecule has 0 spiro atoms. The van der Waals surface area contributed by atoms with E-state index in [1.807, 2.05) is 6.92 Å². The lowest BCUT2D eigenvalue weighted by molar-refractivity contribution is -0.142. The first-order valence-electron chi connectivity index (χ1n) is 5.22. The lowest BCUT2D eigenvalue weighted by Gasteiger charge is -2.06. The molecule has 0 aromatic carbocycles. The van der Waals surface area contributed by atoms with Gasteiger partial charge in [0.15, 0.2) is 5.69 Å². The Hall–Kier alpha value is -1.04. The Bertz CT molecular complexity index is 342. The van der Waals surface area contributed by atoms with Gasteiger partial charge in [-0.3, -0.25) is 4.68 Å². The Morgan fingerprint density at radius 2 is 2.06 bits per heavy atom. The predicted molar refractivity (Wildman–Crippen MR) is 55.0 cm³/mol. The van der Waals surface area contributed by atoms with E-state index in [-0.39, 0.29) is 18.2 Å². The van der Waals surface area contributed by atoms with Crippen LogP contribution in [0.15, 0.2) is 6.20 Å². The molecule has 92 valence electrons. The van der Waals surface area contributed by atoms with Crippen LogP contribution in [0.2, 0.25) is 0 Å². The standard InChI is InChI=1S/C10H16F3N3/c1-4-14-5-8-6-16(7(2)3)15-9(8)10(11,12)13/h6-7,14H,4-5H2,1-3H3. The number of alkyl halides is 3. The molecule has 0 aliphatic heterocycles. The van der Waals surface area contributed by atoms with Crippen molar-refractivity contribution in [2.75, 3.05) is 6.54 Å². The number of hydrogen-bond acceptors (Lipinski definition) is 2. The minimum Gasteiger partial charge on any atom is -0.313 e. The second kappa shape index (κ2) is 4.86. The molecule has 1 aromatic heterocycles. The van der Waals surface area contributed by atoms with E-state index in [0.717, 1.165) is 0 Å². The van der Waals surface area contributed by atoms with Crippen LogP contribution in [0.25, 0.3) is 0 Å². The zero-order valence-corrected chi connectivity index (χ0v) is 9.60. The van der Waals surface area contributed by atoms with Crippen molar-refractivity contribution >= 4 is 0 Å². The SMILES string of the molecule is CCNCc1cn(C(C)C)nc1C(F)(F)F. The van der Waals surface area contributed by atoms with Crippen LogP contribution in [-0.2, 0) is 12.7 Å². The molecule has 0 amide bonds. The molecule has 0 saturated heterocycles. The molecule has 0 saturated carbocycles. The quantitative estimate of drug-likeness (QED) is 0.869. The number of nitrogens with one attached hydrogen (secondary N) is 1. The summed E-state index contributed by atoms with van der Waals surface area (Å²) in [6.45, 7) is 6.26. The van der Waals surface area contributed by atoms with E-state index in [0.29, 0.717) is 6.54 Å². The molecule has 0 aliphatic carbocycles. The van der Waals surface area contributed by atoms with Crippen LogP contribution < -0.4 is 5.32 Å². The lowest BCUT2D eigenvalue weighted by Crippen LogP contribution is -2.16. The summed E-state index contributed by atoms with van der Waals surface area (Å²) in [7, 11) is 0. The monoisotopic (exact) mass is 235 g/mol. The van der Waals surface area contributed by atoms with Gasteiger partial charge in [0.2, 0.25) is 0 Å². The third kappa shape index (κ3) is 2.98. The van der Waals surface area contributed by atoms with Gasteiger partial charge in [-0.1, -0.05) is 6.92 Å². The van der Waals surface area contributed by atoms with Crippen LogP contribution in [0.4, 0.5) is 13.2 Å². The maximum absolute atomic E-state index is 12.6. The highest BCUT2D eigenvalue weighted by molar-refractivity contribution is 5.20. The van der Waals surface area contributed by atoms with Gasteiger partial charge in [0.1, 0.15) is 0 Å². The molecule has 6 heteroatoms. The van der Waals surface area contributed by atoms with E-state index in [9.17, 15) is 13.2 Å². The molecule has 1 aromatic rings. The van der Waals surface area contributed by atoms with E-state index in [4.69, 9.17) is 0 Å². The average molecular weight is 235 g/mol. The molecular weight excluding hydrogens is 219 g/mol. The molecule has 16 heavy (non-hydrogen) atoms. The molecule has 0 unspecified atom stereocenters. The maximum Gasteiger partial charge on any atom is 0.435 e. The van der Waals surface area contributed by atoms with Crippen LogP contribution in [0, 0.1) is 0 Å². The first-order chi connectivity index (χ1) is 7.36. The highest BCUT2D eigenvalue weighted by Crippen LogP contribution is 2.31. The molecule has 0 radical (unpaired) electrons. The normalized spacial score (nSPS) is 12.4. The fraction of sp³-hybridized carbons (Fsp3) is 0.700. The molecule has 3 nitrogen and oxygen atoms in total. The summed E-state index contributed by atoms with van der Waals surface area (Å²) in [6, 6.07) is -0.0727. The fourth-order valence-corrected chi connectivity index (χ4v) is 1.32. The highest BCUT2D eigenvalue weighted by Gasteiger charge is 2.37. The average Bonchev–Trinajstić information content (AvgIpc) is 2.57. The Balaban J connectivity index is 3.03. The third-order valence-corrected chi connectivity index (χ3v) is 2.17. The zero-order valence-electron chi connectivity index (χ0n) is 9.60. The number of halogens is 3. The molecular formula is C10H16F3N3. The van der Waals surface area contributed by atoms with Crippen molar-refractivity contribution in [1.82, 2.24) is 15.1 Å². The summed E-state index contributed by atoms with van der Waals surface area (Å²) in [4.78, 5) is 0. The number of hydrogen-bond donors (Lipinski definition) is 1. The summed E-state index contributed by atoms with van der Waals surface area (Å²) >= 11 is 0. The summed E-state index contributed by atoms with van der Waals surface area (Å²) in [5, 5.41) is 6.46. The first kappa shape index (κ1) is 13.0. The second-order valence-corrected chi connectivity index (χ2v) is 3.85. The number of aromatic nitrogens is 2. The van der Waals surface area contributed by atoms with Crippen molar-refractivity contribution in [1.29, 1.82) is 0 Å². The van der Waals surface area contributed by atoms with E-state index >= 15 is 0 Å². The Morgan fingerprint density at radius 1 is 1.44 bits per heavy atom. The molecule has 1 heterocycles. The van der Waals surface area contributed by atoms with Crippen LogP contribution >= 0.6 is 0 Å². The van der Waals surface area contributed by atoms with Gasteiger partial charge in [0.25, 0.3) is 0 Å². The van der Waals surface area contributed by atoms with E-state index in [2.05, 4.69) is 10.4 Å². The van der Waals surface area contributed by atoms with Gasteiger partial charge in [0.05, 0.1) is 0 Å². The van der Waals surface area contributed by atoms with Crippen LogP contribution in [0.3, 0.4) is 0 Å². The molecule has 0 aliphatic rings. The Morgan fingerprint density at radius 3 is 2.50 bits per heavy atom. The van der Waals surface area contributed by atoms with E-state index in [1.54, 1.807) is 13.8 Å². The van der Waals surface area contributed by atoms with Crippen molar-refractivity contribution in [3.8, 4) is 0 Å². The first-order valence-corrected chi connectivity index (χ1v) is 5.22. The van der Waals surface area contributed by atoms with Gasteiger partial charge in [-0.2, -0.15) is 18.3 Å². The summed E-state index contributed by atoms with van der Waals surface area (Å²) < 4.78 is 39.3. The topological polar surface area (TPSA) is 29.9 Å². The van der Waals surface area contributed by atoms with Crippen LogP contribution in [0.1, 0.15) is 38.1 Å². The van der Waals surface area contributed by atoms with Gasteiger partial charge in [-0.25, -0.2) is 0 Å². The molecule has 0 bridgehead atoms. The molecule has 1 N–H and O–H groups in total. The minimum absolute atomic E-state index is 0.0727. The van der Waals surface area contributed by atoms with Crippen molar-refractivity contribution in [2.45, 2.75) is 39.5 Å². The number of nitrogens with zero attached hydrogens (tertiary/aromatic N) is 2. The van der Waals surface area contributed by atoms with Crippen molar-refractivity contribution in [3.63, 3.8) is 0 Å². The molecule has 0 fully saturated rings. The van der Waals surface area contributed by atoms with Gasteiger partial charge < -0.3 is 5.32 Å². The fourth-order valence-electron chi connectivity index (χ4n) is 1.32. The largest absolute Gasteiger partial charge is 0.435 e. The van der Waals surface area contributed by atoms with Gasteiger partial charge in [-0.15, -0.1) is 0 Å². The van der Waals surface area contributed by atoms with E-state index in [1.165, 1.54) is 10.9 Å². The van der Waals surface area contributed by atoms with Crippen LogP contribution in [0.5, 0.6) is 0 Å². The summed E-state index contributed by atoms with van der Waals surface area (Å²) in [5.74, 6) is 0. The summed E-state index contributed by atoms with van der Waals surface area (Å²) in [5.41, 5.74) is -0.592. The Kier molecular flexibility index (Phi) is 3.96. The Labute approximate surface area is 92.6 Å². The lowest BCUT2D eigenvalue weighted by atomic mass is 10.2. The van der Waals surface area contributed by atoms with Crippen molar-refractivity contribution < 1.29 is 13.2 Å². The minimum atomic E-state index is -4.38. The highest BCUT2D eigenvalue weighted by atomic mass is 19.4. The van der Waals surface area contributed by atoms with Gasteiger partial charge in [0, 0.05) is 24.3 Å². The predicted octanol–water partition coefficient (Wildman–Crippen LogP) is 2.59. The maximum atomic E-state index is 12.6. The van der Waals surface area contributed by atoms with Gasteiger partial charge >= 0.3 is 6.18 Å². The zero-order chi connectivity index (χ0) is 12.3. The van der Waals surface area contributed by atoms with Crippen molar-refractivity contribution in [3.05, 3.63) is 17.5 Å². The number of rotatable bonds is 4. The summed E-state index contributed by atoms with van der Waals surface area (Å²) in [6.07, 6.45) is -2.93.